The van der Waals surface area contributed by atoms with Crippen LogP contribution in [0.5, 0.6) is 0 Å². The van der Waals surface area contributed by atoms with E-state index in [2.05, 4.69) is 64.1 Å². The third-order valence-corrected chi connectivity index (χ3v) is 4.74. The third kappa shape index (κ3) is 2.78. The van der Waals surface area contributed by atoms with Crippen LogP contribution in [-0.4, -0.2) is 5.97 Å². The minimum Gasteiger partial charge on any atom is -0.426 e. The maximum atomic E-state index is 11.5. The van der Waals surface area contributed by atoms with Gasteiger partial charge in [-0.2, -0.15) is 0 Å². The number of fused-ring (bicyclic) bond motifs is 3. The zero-order chi connectivity index (χ0) is 16.8. The van der Waals surface area contributed by atoms with Crippen LogP contribution in [0.4, 0.5) is 0 Å². The molecule has 0 heterocycles. The summed E-state index contributed by atoms with van der Waals surface area (Å²) in [5, 5.41) is 2.36. The molecule has 1 aliphatic carbocycles. The molecule has 2 nitrogen and oxygen atoms in total. The lowest BCUT2D eigenvalue weighted by Crippen LogP contribution is -2.22. The summed E-state index contributed by atoms with van der Waals surface area (Å²) in [5.74, 6) is 0.933. The summed E-state index contributed by atoms with van der Waals surface area (Å²) in [7, 11) is 0. The van der Waals surface area contributed by atoms with E-state index in [-0.39, 0.29) is 11.4 Å². The molecule has 0 aromatic heterocycles. The van der Waals surface area contributed by atoms with E-state index < -0.39 is 0 Å². The summed E-state index contributed by atoms with van der Waals surface area (Å²) in [6.07, 6.45) is 2.93. The second kappa shape index (κ2) is 5.52. The van der Waals surface area contributed by atoms with Gasteiger partial charge < -0.3 is 4.74 Å². The van der Waals surface area contributed by atoms with Gasteiger partial charge in [0.25, 0.3) is 0 Å². The zero-order valence-electron chi connectivity index (χ0n) is 14.6. The lowest BCUT2D eigenvalue weighted by atomic mass is 9.74. The van der Waals surface area contributed by atoms with Crippen molar-refractivity contribution in [2.45, 2.75) is 52.4 Å². The number of ether oxygens (including phenoxy) is 1. The van der Waals surface area contributed by atoms with Crippen LogP contribution in [0.1, 0.15) is 63.6 Å². The monoisotopic (exact) mass is 308 g/mol. The maximum Gasteiger partial charge on any atom is 0.308 e. The Morgan fingerprint density at radius 1 is 1.17 bits per heavy atom. The minimum atomic E-state index is -0.266. The molecular formula is C21H24O2. The second-order valence-corrected chi connectivity index (χ2v) is 7.37. The van der Waals surface area contributed by atoms with Crippen LogP contribution in [0.2, 0.25) is 0 Å². The highest BCUT2D eigenvalue weighted by molar-refractivity contribution is 5.97. The van der Waals surface area contributed by atoms with Crippen LogP contribution in [0.25, 0.3) is 16.5 Å². The van der Waals surface area contributed by atoms with Gasteiger partial charge in [-0.3, -0.25) is 4.79 Å². The third-order valence-electron chi connectivity index (χ3n) is 4.74. The van der Waals surface area contributed by atoms with Gasteiger partial charge in [0.05, 0.1) is 0 Å². The smallest absolute Gasteiger partial charge is 0.308 e. The number of esters is 1. The van der Waals surface area contributed by atoms with E-state index in [9.17, 15) is 4.79 Å². The molecule has 0 saturated heterocycles. The van der Waals surface area contributed by atoms with Crippen LogP contribution in [0.3, 0.4) is 0 Å². The van der Waals surface area contributed by atoms with E-state index in [1.165, 1.54) is 23.4 Å². The van der Waals surface area contributed by atoms with Crippen LogP contribution < -0.4 is 0 Å². The fourth-order valence-electron chi connectivity index (χ4n) is 3.34. The standard InChI is InChI=1S/C21H24O2/c1-13(2)15-6-8-17-16(12-15)7-9-18-20(17)19(23-14(3)22)10-11-21(18,4)5/h6-10,12-13H,11H2,1-5H3. The molecule has 2 heteroatoms. The first-order chi connectivity index (χ1) is 10.8. The van der Waals surface area contributed by atoms with Crippen molar-refractivity contribution in [1.29, 1.82) is 0 Å². The van der Waals surface area contributed by atoms with Crippen LogP contribution in [0.15, 0.2) is 36.4 Å². The van der Waals surface area contributed by atoms with E-state index in [1.807, 2.05) is 0 Å². The highest BCUT2D eigenvalue weighted by atomic mass is 16.5. The first kappa shape index (κ1) is 15.8. The number of rotatable bonds is 2. The van der Waals surface area contributed by atoms with Gasteiger partial charge in [-0.05, 0) is 45.7 Å². The largest absolute Gasteiger partial charge is 0.426 e. The number of hydrogen-bond donors (Lipinski definition) is 0. The number of benzene rings is 2. The van der Waals surface area contributed by atoms with Gasteiger partial charge in [0.15, 0.2) is 0 Å². The van der Waals surface area contributed by atoms with E-state index >= 15 is 0 Å². The Morgan fingerprint density at radius 3 is 2.57 bits per heavy atom. The lowest BCUT2D eigenvalue weighted by Gasteiger charge is -2.32. The first-order valence-corrected chi connectivity index (χ1v) is 8.25. The topological polar surface area (TPSA) is 26.3 Å². The van der Waals surface area contributed by atoms with Gasteiger partial charge in [-0.1, -0.05) is 58.0 Å². The normalized spacial score (nSPS) is 16.2. The van der Waals surface area contributed by atoms with Gasteiger partial charge in [0.1, 0.15) is 5.76 Å². The fraction of sp³-hybridized carbons (Fsp3) is 0.381. The van der Waals surface area contributed by atoms with Crippen molar-refractivity contribution in [3.8, 4) is 0 Å². The molecule has 3 rings (SSSR count). The average molecular weight is 308 g/mol. The van der Waals surface area contributed by atoms with Crippen molar-refractivity contribution >= 4 is 22.5 Å². The van der Waals surface area contributed by atoms with Crippen molar-refractivity contribution < 1.29 is 9.53 Å². The first-order valence-electron chi connectivity index (χ1n) is 8.25. The molecule has 0 aliphatic heterocycles. The second-order valence-electron chi connectivity index (χ2n) is 7.37. The Hall–Kier alpha value is -2.09. The molecule has 0 spiro atoms. The van der Waals surface area contributed by atoms with Crippen molar-refractivity contribution in [3.63, 3.8) is 0 Å². The predicted molar refractivity (Wildman–Crippen MR) is 95.4 cm³/mol. The minimum absolute atomic E-state index is 0.0455. The van der Waals surface area contributed by atoms with Crippen LogP contribution in [-0.2, 0) is 14.9 Å². The number of carbonyl (C=O) groups is 1. The van der Waals surface area contributed by atoms with E-state index in [4.69, 9.17) is 4.74 Å². The van der Waals surface area contributed by atoms with Gasteiger partial charge >= 0.3 is 5.97 Å². The molecule has 1 aliphatic rings. The summed E-state index contributed by atoms with van der Waals surface area (Å²) in [5.41, 5.74) is 3.69. The predicted octanol–water partition coefficient (Wildman–Crippen LogP) is 5.55. The molecule has 23 heavy (non-hydrogen) atoms. The molecule has 0 unspecified atom stereocenters. The van der Waals surface area contributed by atoms with Crippen molar-refractivity contribution in [2.75, 3.05) is 0 Å². The Kier molecular flexibility index (Phi) is 3.79. The van der Waals surface area contributed by atoms with E-state index in [0.29, 0.717) is 11.7 Å². The summed E-state index contributed by atoms with van der Waals surface area (Å²) < 4.78 is 5.52. The summed E-state index contributed by atoms with van der Waals surface area (Å²) >= 11 is 0. The van der Waals surface area contributed by atoms with Crippen LogP contribution in [0, 0.1) is 0 Å². The van der Waals surface area contributed by atoms with E-state index in [0.717, 1.165) is 17.4 Å². The number of hydrogen-bond acceptors (Lipinski definition) is 2. The molecule has 120 valence electrons. The molecular weight excluding hydrogens is 284 g/mol. The van der Waals surface area contributed by atoms with Crippen molar-refractivity contribution in [2.24, 2.45) is 0 Å². The number of carbonyl (C=O) groups excluding carboxylic acids is 1. The van der Waals surface area contributed by atoms with Gasteiger partial charge in [-0.15, -0.1) is 0 Å². The zero-order valence-corrected chi connectivity index (χ0v) is 14.6. The summed E-state index contributed by atoms with van der Waals surface area (Å²) in [6, 6.07) is 11.0. The highest BCUT2D eigenvalue weighted by Gasteiger charge is 2.30. The fourth-order valence-corrected chi connectivity index (χ4v) is 3.34. The maximum absolute atomic E-state index is 11.5. The molecule has 2 aromatic carbocycles. The Morgan fingerprint density at radius 2 is 1.91 bits per heavy atom. The van der Waals surface area contributed by atoms with Crippen molar-refractivity contribution in [1.82, 2.24) is 0 Å². The Bertz CT molecular complexity index is 810. The molecule has 0 atom stereocenters. The Balaban J connectivity index is 2.27. The Labute approximate surface area is 138 Å². The van der Waals surface area contributed by atoms with Crippen LogP contribution >= 0.6 is 0 Å². The molecule has 0 saturated carbocycles. The van der Waals surface area contributed by atoms with E-state index in [1.54, 1.807) is 0 Å². The highest BCUT2D eigenvalue weighted by Crippen LogP contribution is 2.43. The molecule has 2 aromatic rings. The molecule has 0 bridgehead atoms. The van der Waals surface area contributed by atoms with Crippen molar-refractivity contribution in [3.05, 3.63) is 53.1 Å². The van der Waals surface area contributed by atoms with Gasteiger partial charge in [-0.25, -0.2) is 0 Å². The van der Waals surface area contributed by atoms with Gasteiger partial charge in [0.2, 0.25) is 0 Å². The quantitative estimate of drug-likeness (QED) is 0.680. The van der Waals surface area contributed by atoms with Gasteiger partial charge in [0, 0.05) is 12.5 Å². The SMILES string of the molecule is CC(=O)OC1=CCC(C)(C)c2ccc3cc(C(C)C)ccc3c21. The number of allylic oxidation sites excluding steroid dienone is 1. The molecule has 0 N–H and O–H groups in total. The average Bonchev–Trinajstić information content (AvgIpc) is 2.48. The molecule has 0 amide bonds. The summed E-state index contributed by atoms with van der Waals surface area (Å²) in [6.45, 7) is 10.3. The lowest BCUT2D eigenvalue weighted by molar-refractivity contribution is -0.134. The summed E-state index contributed by atoms with van der Waals surface area (Å²) in [4.78, 5) is 11.5. The molecule has 0 fully saturated rings. The molecule has 0 radical (unpaired) electrons.